The normalized spacial score (nSPS) is 11.2. The van der Waals surface area contributed by atoms with Crippen molar-refractivity contribution in [2.24, 2.45) is 0 Å². The molecule has 0 radical (unpaired) electrons. The lowest BCUT2D eigenvalue weighted by atomic mass is 10.1. The lowest BCUT2D eigenvalue weighted by Gasteiger charge is -2.24. The van der Waals surface area contributed by atoms with Crippen LogP contribution in [0.3, 0.4) is 0 Å². The van der Waals surface area contributed by atoms with Crippen LogP contribution in [0, 0.1) is 6.92 Å². The Morgan fingerprint density at radius 2 is 1.68 bits per heavy atom. The van der Waals surface area contributed by atoms with E-state index in [2.05, 4.69) is 21.2 Å². The van der Waals surface area contributed by atoms with E-state index in [1.807, 2.05) is 26.0 Å². The molecular formula is C23H22BrClN2O3S. The van der Waals surface area contributed by atoms with Crippen molar-refractivity contribution < 1.29 is 13.2 Å². The van der Waals surface area contributed by atoms with Gasteiger partial charge in [0.05, 0.1) is 15.6 Å². The second kappa shape index (κ2) is 9.85. The Morgan fingerprint density at radius 1 is 1.03 bits per heavy atom. The molecule has 0 fully saturated rings. The van der Waals surface area contributed by atoms with Crippen molar-refractivity contribution in [1.29, 1.82) is 0 Å². The van der Waals surface area contributed by atoms with Crippen LogP contribution in [-0.4, -0.2) is 20.9 Å². The van der Waals surface area contributed by atoms with Crippen molar-refractivity contribution in [3.8, 4) is 0 Å². The number of rotatable bonds is 7. The van der Waals surface area contributed by atoms with Crippen LogP contribution in [0.2, 0.25) is 5.02 Å². The number of carbonyl (C=O) groups excluding carboxylic acids is 1. The summed E-state index contributed by atoms with van der Waals surface area (Å²) in [4.78, 5) is 12.9. The zero-order valence-electron chi connectivity index (χ0n) is 17.1. The van der Waals surface area contributed by atoms with E-state index in [0.29, 0.717) is 20.9 Å². The number of sulfonamides is 1. The predicted octanol–water partition coefficient (Wildman–Crippen LogP) is 5.81. The number of halogens is 2. The number of carbonyl (C=O) groups is 1. The van der Waals surface area contributed by atoms with Crippen LogP contribution in [0.5, 0.6) is 0 Å². The topological polar surface area (TPSA) is 66.5 Å². The standard InChI is InChI=1S/C23H22BrClN2O3S/c1-3-17-6-9-19(10-7-17)27(31(29,30)20-11-4-16(2)5-12-20)15-23(28)26-18-8-13-21(24)22(25)14-18/h4-14H,3,15H2,1-2H3,(H,26,28). The zero-order chi connectivity index (χ0) is 22.6. The van der Waals surface area contributed by atoms with Crippen molar-refractivity contribution in [2.45, 2.75) is 25.2 Å². The minimum atomic E-state index is -3.95. The first-order chi connectivity index (χ1) is 14.7. The second-order valence-electron chi connectivity index (χ2n) is 7.02. The maximum Gasteiger partial charge on any atom is 0.264 e. The summed E-state index contributed by atoms with van der Waals surface area (Å²) in [6.07, 6.45) is 0.829. The lowest BCUT2D eigenvalue weighted by Crippen LogP contribution is -2.38. The quantitative estimate of drug-likeness (QED) is 0.427. The largest absolute Gasteiger partial charge is 0.324 e. The van der Waals surface area contributed by atoms with E-state index in [1.165, 1.54) is 0 Å². The summed E-state index contributed by atoms with van der Waals surface area (Å²) in [6.45, 7) is 3.52. The third-order valence-electron chi connectivity index (χ3n) is 4.73. The molecule has 8 heteroatoms. The zero-order valence-corrected chi connectivity index (χ0v) is 20.3. The number of anilines is 2. The maximum atomic E-state index is 13.4. The highest BCUT2D eigenvalue weighted by Crippen LogP contribution is 2.27. The van der Waals surface area contributed by atoms with Gasteiger partial charge < -0.3 is 5.32 Å². The third-order valence-corrected chi connectivity index (χ3v) is 7.75. The molecule has 0 aromatic heterocycles. The van der Waals surface area contributed by atoms with E-state index in [1.54, 1.807) is 54.6 Å². The number of nitrogens with one attached hydrogen (secondary N) is 1. The number of nitrogens with zero attached hydrogens (tertiary/aromatic N) is 1. The predicted molar refractivity (Wildman–Crippen MR) is 129 cm³/mol. The molecule has 0 aliphatic rings. The van der Waals surface area contributed by atoms with Crippen LogP contribution in [0.4, 0.5) is 11.4 Å². The molecule has 5 nitrogen and oxygen atoms in total. The fraction of sp³-hybridized carbons (Fsp3) is 0.174. The first kappa shape index (κ1) is 23.3. The van der Waals surface area contributed by atoms with Gasteiger partial charge in [0.15, 0.2) is 0 Å². The monoisotopic (exact) mass is 520 g/mol. The number of hydrogen-bond donors (Lipinski definition) is 1. The van der Waals surface area contributed by atoms with Crippen molar-refractivity contribution in [3.05, 3.63) is 87.4 Å². The Bertz CT molecular complexity index is 1180. The lowest BCUT2D eigenvalue weighted by molar-refractivity contribution is -0.114. The molecular weight excluding hydrogens is 500 g/mol. The summed E-state index contributed by atoms with van der Waals surface area (Å²) < 4.78 is 28.6. The number of hydrogen-bond acceptors (Lipinski definition) is 3. The van der Waals surface area contributed by atoms with Gasteiger partial charge in [0.2, 0.25) is 5.91 Å². The summed E-state index contributed by atoms with van der Waals surface area (Å²) in [5.41, 5.74) is 2.92. The summed E-state index contributed by atoms with van der Waals surface area (Å²) in [7, 11) is -3.95. The van der Waals surface area contributed by atoms with Crippen LogP contribution in [0.1, 0.15) is 18.1 Å². The third kappa shape index (κ3) is 5.67. The molecule has 3 aromatic carbocycles. The Hall–Kier alpha value is -2.35. The van der Waals surface area contributed by atoms with Gasteiger partial charge in [-0.3, -0.25) is 9.10 Å². The van der Waals surface area contributed by atoms with Crippen LogP contribution in [0.15, 0.2) is 76.1 Å². The Kier molecular flexibility index (Phi) is 7.41. The number of amides is 1. The number of benzene rings is 3. The van der Waals surface area contributed by atoms with Gasteiger partial charge in [-0.2, -0.15) is 0 Å². The molecule has 0 spiro atoms. The van der Waals surface area contributed by atoms with E-state index in [-0.39, 0.29) is 11.4 Å². The van der Waals surface area contributed by atoms with Gasteiger partial charge in [0.1, 0.15) is 6.54 Å². The van der Waals surface area contributed by atoms with Crippen molar-refractivity contribution >= 4 is 54.8 Å². The molecule has 0 heterocycles. The highest BCUT2D eigenvalue weighted by atomic mass is 79.9. The van der Waals surface area contributed by atoms with Gasteiger partial charge in [0, 0.05) is 10.2 Å². The minimum Gasteiger partial charge on any atom is -0.324 e. The molecule has 1 N–H and O–H groups in total. The van der Waals surface area contributed by atoms with Crippen LogP contribution in [-0.2, 0) is 21.2 Å². The van der Waals surface area contributed by atoms with E-state index >= 15 is 0 Å². The van der Waals surface area contributed by atoms with Gasteiger partial charge in [-0.25, -0.2) is 8.42 Å². The molecule has 162 valence electrons. The van der Waals surface area contributed by atoms with Gasteiger partial charge >= 0.3 is 0 Å². The SMILES string of the molecule is CCc1ccc(N(CC(=O)Nc2ccc(Br)c(Cl)c2)S(=O)(=O)c2ccc(C)cc2)cc1. The summed E-state index contributed by atoms with van der Waals surface area (Å²) in [5.74, 6) is -0.478. The van der Waals surface area contributed by atoms with Crippen molar-refractivity contribution in [1.82, 2.24) is 0 Å². The number of aryl methyl sites for hydroxylation is 2. The average molecular weight is 522 g/mol. The van der Waals surface area contributed by atoms with Gasteiger partial charge in [0.25, 0.3) is 10.0 Å². The Labute approximate surface area is 196 Å². The molecule has 0 atom stereocenters. The van der Waals surface area contributed by atoms with E-state index < -0.39 is 15.9 Å². The van der Waals surface area contributed by atoms with Crippen LogP contribution in [0.25, 0.3) is 0 Å². The van der Waals surface area contributed by atoms with Crippen LogP contribution < -0.4 is 9.62 Å². The highest BCUT2D eigenvalue weighted by molar-refractivity contribution is 9.10. The first-order valence-electron chi connectivity index (χ1n) is 9.64. The summed E-state index contributed by atoms with van der Waals surface area (Å²) in [5, 5.41) is 3.16. The van der Waals surface area contributed by atoms with Crippen molar-refractivity contribution in [2.75, 3.05) is 16.2 Å². The molecule has 3 rings (SSSR count). The smallest absolute Gasteiger partial charge is 0.264 e. The van der Waals surface area contributed by atoms with E-state index in [0.717, 1.165) is 21.9 Å². The van der Waals surface area contributed by atoms with Gasteiger partial charge in [-0.1, -0.05) is 48.4 Å². The fourth-order valence-corrected chi connectivity index (χ4v) is 4.80. The molecule has 0 aliphatic heterocycles. The molecule has 0 bridgehead atoms. The molecule has 31 heavy (non-hydrogen) atoms. The van der Waals surface area contributed by atoms with Gasteiger partial charge in [-0.05, 0) is 77.3 Å². The maximum absolute atomic E-state index is 13.4. The molecule has 0 unspecified atom stereocenters. The average Bonchev–Trinajstić information content (AvgIpc) is 2.75. The van der Waals surface area contributed by atoms with E-state index in [4.69, 9.17) is 11.6 Å². The molecule has 0 aliphatic carbocycles. The second-order valence-corrected chi connectivity index (χ2v) is 10.1. The summed E-state index contributed by atoms with van der Waals surface area (Å²) >= 11 is 9.39. The minimum absolute atomic E-state index is 0.122. The first-order valence-corrected chi connectivity index (χ1v) is 12.2. The van der Waals surface area contributed by atoms with Gasteiger partial charge in [-0.15, -0.1) is 0 Å². The molecule has 3 aromatic rings. The highest BCUT2D eigenvalue weighted by Gasteiger charge is 2.27. The Morgan fingerprint density at radius 3 is 2.26 bits per heavy atom. The summed E-state index contributed by atoms with van der Waals surface area (Å²) in [6, 6.07) is 18.7. The Balaban J connectivity index is 1.93. The van der Waals surface area contributed by atoms with Crippen LogP contribution >= 0.6 is 27.5 Å². The molecule has 1 amide bonds. The molecule has 0 saturated heterocycles. The van der Waals surface area contributed by atoms with Crippen molar-refractivity contribution in [3.63, 3.8) is 0 Å². The van der Waals surface area contributed by atoms with E-state index in [9.17, 15) is 13.2 Å². The fourth-order valence-electron chi connectivity index (χ4n) is 2.96. The molecule has 0 saturated carbocycles.